The van der Waals surface area contributed by atoms with Crippen molar-refractivity contribution in [2.45, 2.75) is 26.0 Å². The number of ether oxygens (including phenoxy) is 1. The number of aromatic nitrogens is 2. The van der Waals surface area contributed by atoms with Gasteiger partial charge in [-0.1, -0.05) is 0 Å². The molecule has 2 aliphatic heterocycles. The van der Waals surface area contributed by atoms with Gasteiger partial charge in [-0.3, -0.25) is 14.3 Å². The number of likely N-dealkylation sites (N-methyl/N-ethyl adjacent to an activating group) is 1. The smallest absolute Gasteiger partial charge is 0.274 e. The van der Waals surface area contributed by atoms with Crippen molar-refractivity contribution < 1.29 is 14.3 Å². The van der Waals surface area contributed by atoms with E-state index >= 15 is 0 Å². The Labute approximate surface area is 129 Å². The minimum absolute atomic E-state index is 0.00830. The predicted octanol–water partition coefficient (Wildman–Crippen LogP) is 0.222. The van der Waals surface area contributed by atoms with E-state index in [9.17, 15) is 9.59 Å². The molecule has 0 N–H and O–H groups in total. The van der Waals surface area contributed by atoms with Crippen LogP contribution in [-0.2, 0) is 16.1 Å². The van der Waals surface area contributed by atoms with Gasteiger partial charge >= 0.3 is 0 Å². The van der Waals surface area contributed by atoms with Crippen LogP contribution >= 0.6 is 0 Å². The van der Waals surface area contributed by atoms with Gasteiger partial charge in [0.2, 0.25) is 5.91 Å². The van der Waals surface area contributed by atoms with E-state index in [2.05, 4.69) is 5.10 Å². The summed E-state index contributed by atoms with van der Waals surface area (Å²) in [6.45, 7) is 4.78. The molecular formula is C15H22N4O3. The van der Waals surface area contributed by atoms with Gasteiger partial charge in [0, 0.05) is 45.3 Å². The zero-order chi connectivity index (χ0) is 15.7. The Morgan fingerprint density at radius 1 is 1.45 bits per heavy atom. The molecule has 3 heterocycles. The Morgan fingerprint density at radius 3 is 3.00 bits per heavy atom. The molecule has 7 heteroatoms. The third kappa shape index (κ3) is 2.85. The summed E-state index contributed by atoms with van der Waals surface area (Å²) < 4.78 is 7.45. The number of aryl methyl sites for hydroxylation is 1. The summed E-state index contributed by atoms with van der Waals surface area (Å²) in [6.07, 6.45) is 2.65. The molecule has 120 valence electrons. The first-order valence-corrected chi connectivity index (χ1v) is 7.76. The topological polar surface area (TPSA) is 67.7 Å². The Hall–Kier alpha value is -1.89. The maximum Gasteiger partial charge on any atom is 0.274 e. The van der Waals surface area contributed by atoms with E-state index in [1.807, 2.05) is 18.0 Å². The first kappa shape index (κ1) is 15.0. The third-order valence-electron chi connectivity index (χ3n) is 4.49. The molecule has 22 heavy (non-hydrogen) atoms. The van der Waals surface area contributed by atoms with Gasteiger partial charge in [-0.25, -0.2) is 0 Å². The monoisotopic (exact) mass is 306 g/mol. The van der Waals surface area contributed by atoms with Gasteiger partial charge in [0.25, 0.3) is 5.91 Å². The maximum atomic E-state index is 12.6. The number of hydrogen-bond donors (Lipinski definition) is 0. The van der Waals surface area contributed by atoms with Crippen LogP contribution in [0.3, 0.4) is 0 Å². The number of nitrogens with zero attached hydrogens (tertiary/aromatic N) is 4. The van der Waals surface area contributed by atoms with Crippen LogP contribution in [0, 0.1) is 5.92 Å². The minimum Gasteiger partial charge on any atom is -0.368 e. The zero-order valence-electron chi connectivity index (χ0n) is 13.1. The molecule has 0 bridgehead atoms. The van der Waals surface area contributed by atoms with Gasteiger partial charge < -0.3 is 14.5 Å². The van der Waals surface area contributed by atoms with Gasteiger partial charge in [0.05, 0.1) is 6.10 Å². The number of amides is 2. The number of piperidine rings is 1. The molecule has 0 radical (unpaired) electrons. The van der Waals surface area contributed by atoms with Crippen molar-refractivity contribution in [1.82, 2.24) is 19.6 Å². The van der Waals surface area contributed by atoms with Crippen LogP contribution in [0.15, 0.2) is 12.3 Å². The summed E-state index contributed by atoms with van der Waals surface area (Å²) in [6, 6.07) is 1.76. The molecule has 0 spiro atoms. The summed E-state index contributed by atoms with van der Waals surface area (Å²) in [5.41, 5.74) is 0.485. The van der Waals surface area contributed by atoms with Crippen molar-refractivity contribution in [2.75, 3.05) is 33.3 Å². The van der Waals surface area contributed by atoms with Gasteiger partial charge in [0.1, 0.15) is 12.3 Å². The minimum atomic E-state index is -0.0381. The van der Waals surface area contributed by atoms with Crippen LogP contribution in [0.25, 0.3) is 0 Å². The maximum absolute atomic E-state index is 12.6. The molecule has 0 aromatic carbocycles. The van der Waals surface area contributed by atoms with E-state index in [4.69, 9.17) is 4.74 Å². The molecular weight excluding hydrogens is 284 g/mol. The first-order chi connectivity index (χ1) is 10.6. The van der Waals surface area contributed by atoms with Crippen LogP contribution in [0.2, 0.25) is 0 Å². The molecule has 2 aliphatic rings. The van der Waals surface area contributed by atoms with Gasteiger partial charge in [-0.15, -0.1) is 0 Å². The van der Waals surface area contributed by atoms with Crippen molar-refractivity contribution in [3.05, 3.63) is 18.0 Å². The fraction of sp³-hybridized carbons (Fsp3) is 0.667. The lowest BCUT2D eigenvalue weighted by atomic mass is 9.94. The molecule has 2 atom stereocenters. The standard InChI is InChI=1S/C15H22N4O3/c1-3-19-7-4-12(16-19)15(21)18-6-5-13-11(9-18)8-17(2)14(20)10-22-13/h4,7,11,13H,3,5-6,8-10H2,1-2H3/t11-,13-/m0/s1. The number of likely N-dealkylation sites (tertiary alicyclic amines) is 1. The molecule has 1 aromatic rings. The predicted molar refractivity (Wildman–Crippen MR) is 79.3 cm³/mol. The average Bonchev–Trinajstić information content (AvgIpc) is 2.96. The van der Waals surface area contributed by atoms with Crippen LogP contribution < -0.4 is 0 Å². The Kier molecular flexibility index (Phi) is 4.15. The summed E-state index contributed by atoms with van der Waals surface area (Å²) >= 11 is 0. The fourth-order valence-corrected chi connectivity index (χ4v) is 3.15. The van der Waals surface area contributed by atoms with Crippen LogP contribution in [-0.4, -0.2) is 70.8 Å². The second-order valence-electron chi connectivity index (χ2n) is 5.98. The molecule has 2 saturated heterocycles. The molecule has 0 unspecified atom stereocenters. The Bertz CT molecular complexity index is 571. The lowest BCUT2D eigenvalue weighted by molar-refractivity contribution is -0.133. The van der Waals surface area contributed by atoms with Crippen molar-refractivity contribution in [2.24, 2.45) is 5.92 Å². The number of rotatable bonds is 2. The Morgan fingerprint density at radius 2 is 2.27 bits per heavy atom. The molecule has 2 fully saturated rings. The summed E-state index contributed by atoms with van der Waals surface area (Å²) in [5.74, 6) is 0.139. The van der Waals surface area contributed by atoms with Crippen molar-refractivity contribution in [3.63, 3.8) is 0 Å². The SMILES string of the molecule is CCn1ccc(C(=O)N2CC[C@@H]3OCC(=O)N(C)C[C@H]3C2)n1. The van der Waals surface area contributed by atoms with Crippen molar-refractivity contribution in [1.29, 1.82) is 0 Å². The van der Waals surface area contributed by atoms with E-state index in [0.29, 0.717) is 25.3 Å². The van der Waals surface area contributed by atoms with Gasteiger partial charge in [-0.05, 0) is 19.4 Å². The van der Waals surface area contributed by atoms with E-state index in [1.165, 1.54) is 0 Å². The van der Waals surface area contributed by atoms with Gasteiger partial charge in [0.15, 0.2) is 0 Å². The third-order valence-corrected chi connectivity index (χ3v) is 4.49. The average molecular weight is 306 g/mol. The highest BCUT2D eigenvalue weighted by atomic mass is 16.5. The summed E-state index contributed by atoms with van der Waals surface area (Å²) in [5, 5.41) is 4.28. The molecule has 3 rings (SSSR count). The highest BCUT2D eigenvalue weighted by molar-refractivity contribution is 5.92. The van der Waals surface area contributed by atoms with E-state index in [0.717, 1.165) is 13.0 Å². The summed E-state index contributed by atoms with van der Waals surface area (Å²) in [7, 11) is 1.79. The highest BCUT2D eigenvalue weighted by Gasteiger charge is 2.36. The highest BCUT2D eigenvalue weighted by Crippen LogP contribution is 2.24. The molecule has 7 nitrogen and oxygen atoms in total. The quantitative estimate of drug-likeness (QED) is 0.784. The zero-order valence-corrected chi connectivity index (χ0v) is 13.1. The lowest BCUT2D eigenvalue weighted by Crippen LogP contribution is -2.49. The second kappa shape index (κ2) is 6.08. The first-order valence-electron chi connectivity index (χ1n) is 7.76. The normalized spacial score (nSPS) is 25.8. The molecule has 2 amide bonds. The molecule has 0 aliphatic carbocycles. The number of carbonyl (C=O) groups excluding carboxylic acids is 2. The fourth-order valence-electron chi connectivity index (χ4n) is 3.15. The van der Waals surface area contributed by atoms with E-state index < -0.39 is 0 Å². The van der Waals surface area contributed by atoms with Crippen molar-refractivity contribution in [3.8, 4) is 0 Å². The molecule has 1 aromatic heterocycles. The largest absolute Gasteiger partial charge is 0.368 e. The lowest BCUT2D eigenvalue weighted by Gasteiger charge is -2.37. The van der Waals surface area contributed by atoms with E-state index in [-0.39, 0.29) is 30.4 Å². The second-order valence-corrected chi connectivity index (χ2v) is 5.98. The van der Waals surface area contributed by atoms with Crippen LogP contribution in [0.1, 0.15) is 23.8 Å². The van der Waals surface area contributed by atoms with Gasteiger partial charge in [-0.2, -0.15) is 5.10 Å². The summed E-state index contributed by atoms with van der Waals surface area (Å²) in [4.78, 5) is 27.8. The number of fused-ring (bicyclic) bond motifs is 1. The number of carbonyl (C=O) groups is 2. The van der Waals surface area contributed by atoms with Crippen molar-refractivity contribution >= 4 is 11.8 Å². The number of hydrogen-bond acceptors (Lipinski definition) is 4. The van der Waals surface area contributed by atoms with E-state index in [1.54, 1.807) is 22.7 Å². The Balaban J connectivity index is 1.69. The molecule has 0 saturated carbocycles. The van der Waals surface area contributed by atoms with Crippen LogP contribution in [0.5, 0.6) is 0 Å². The van der Waals surface area contributed by atoms with Crippen LogP contribution in [0.4, 0.5) is 0 Å².